The minimum absolute atomic E-state index is 0. The molecule has 0 saturated heterocycles. The van der Waals surface area contributed by atoms with Crippen LogP contribution in [0.25, 0.3) is 0 Å². The van der Waals surface area contributed by atoms with Crippen molar-refractivity contribution in [3.05, 3.63) is 320 Å². The maximum absolute atomic E-state index is 3.45. The van der Waals surface area contributed by atoms with Crippen LogP contribution in [-0.2, 0) is 60.2 Å². The van der Waals surface area contributed by atoms with E-state index in [1.807, 2.05) is 0 Å². The second-order valence-electron chi connectivity index (χ2n) is 25.0. The first-order chi connectivity index (χ1) is 39.2. The van der Waals surface area contributed by atoms with Crippen molar-refractivity contribution in [1.82, 2.24) is 0 Å². The van der Waals surface area contributed by atoms with Crippen molar-refractivity contribution in [2.45, 2.75) is 149 Å². The molecule has 10 aromatic rings. The average molecular weight is 1240 g/mol. The molecule has 0 aliphatic heterocycles. The number of rotatable bonds is 16. The monoisotopic (exact) mass is 1240 g/mol. The van der Waals surface area contributed by atoms with E-state index in [0.717, 1.165) is 38.5 Å². The van der Waals surface area contributed by atoms with Crippen LogP contribution in [0.2, 0.25) is 0 Å². The quantitative estimate of drug-likeness (QED) is 0.0520. The molecule has 0 bridgehead atoms. The summed E-state index contributed by atoms with van der Waals surface area (Å²) in [6, 6.07) is 65.1. The fourth-order valence-corrected chi connectivity index (χ4v) is 20.0. The van der Waals surface area contributed by atoms with E-state index in [-0.39, 0.29) is 58.9 Å². The van der Waals surface area contributed by atoms with Crippen molar-refractivity contribution >= 4 is 28.8 Å². The predicted molar refractivity (Wildman–Crippen MR) is 357 cm³/mol. The number of halogens is 3. The van der Waals surface area contributed by atoms with Crippen LogP contribution in [0.15, 0.2) is 164 Å². The van der Waals surface area contributed by atoms with Crippen LogP contribution >= 0.6 is 0 Å². The number of hydrogen-bond acceptors (Lipinski definition) is 0. The van der Waals surface area contributed by atoms with Crippen LogP contribution in [0.5, 0.6) is 0 Å². The minimum atomic E-state index is -3.45. The van der Waals surface area contributed by atoms with Crippen molar-refractivity contribution in [3.8, 4) is 0 Å². The molecule has 0 nitrogen and oxygen atoms in total. The van der Waals surface area contributed by atoms with Crippen molar-refractivity contribution < 1.29 is 58.9 Å². The smallest absolute Gasteiger partial charge is 1.00 e. The molecule has 10 rings (SSSR count). The van der Waals surface area contributed by atoms with Gasteiger partial charge >= 0.3 is 21.7 Å². The van der Waals surface area contributed by atoms with Gasteiger partial charge in [-0.3, -0.25) is 0 Å². The Morgan fingerprint density at radius 3 is 0.547 bits per heavy atom. The second-order valence-corrected chi connectivity index (χ2v) is 28.8. The molecule has 0 saturated carbocycles. The fraction of sp³-hybridized carbons (Fsp3) is 0.272. The van der Waals surface area contributed by atoms with Crippen LogP contribution in [0.1, 0.15) is 156 Å². The normalized spacial score (nSPS) is 11.2. The molecule has 0 aliphatic rings. The SMILES string of the molecule is Cc1cccc(C)c1Cc1cc(Cc2c(C)cccc2C)cc([Si](c2cc(Cc3c(C)cccc3C)cc(Cc3c(C)cccc3C)c2)(c2cc(Cc3c(C)cccc3C)cc(Cc3c(C)cccc3C)c2)[c-]2c(C)c(C)c(C)c2C)c1.[Cl-].[Cl-].[Cl-].[Ti+4]. The number of hydrogen-bond donors (Lipinski definition) is 0. The Bertz CT molecular complexity index is 3350. The summed E-state index contributed by atoms with van der Waals surface area (Å²) in [7, 11) is -3.45. The zero-order chi connectivity index (χ0) is 58.3. The standard InChI is InChI=1S/C81H87Si.3ClH.Ti/c1-50-23-17-24-51(2)75(50)44-66-35-67(45-76-52(3)25-18-26-53(76)4)39-72(38-66)82(81-64(15)62(13)63(14)65(81)16,73-40-68(46-77-54(5)27-19-28-55(77)6)36-69(41-73)47-78-56(7)29-20-30-57(78)8)74-42-70(48-79-58(9)31-21-32-59(79)10)37-71(43-74)49-80-60(11)33-22-34-61(80)12;;;;/h17-43H,44-49H2,1-16H3;3*1H;/q-1;;;;+4/p-3. The van der Waals surface area contributed by atoms with Crippen molar-refractivity contribution in [3.63, 3.8) is 0 Å². The van der Waals surface area contributed by atoms with Gasteiger partial charge < -0.3 is 37.2 Å². The van der Waals surface area contributed by atoms with Crippen LogP contribution < -0.4 is 58.0 Å². The summed E-state index contributed by atoms with van der Waals surface area (Å²) in [5.41, 5.74) is 38.8. The van der Waals surface area contributed by atoms with E-state index in [0.29, 0.717) is 0 Å². The Balaban J connectivity index is 0.00000296. The van der Waals surface area contributed by atoms with Gasteiger partial charge in [0.05, 0.1) is 0 Å². The van der Waals surface area contributed by atoms with E-state index >= 15 is 0 Å². The Hall–Kier alpha value is -5.87. The first-order valence-electron chi connectivity index (χ1n) is 30.2. The van der Waals surface area contributed by atoms with Crippen molar-refractivity contribution in [2.75, 3.05) is 0 Å². The van der Waals surface area contributed by atoms with Crippen molar-refractivity contribution in [2.24, 2.45) is 0 Å². The molecule has 0 amide bonds. The van der Waals surface area contributed by atoms with E-state index < -0.39 is 8.07 Å². The van der Waals surface area contributed by atoms with Gasteiger partial charge in [0, 0.05) is 0 Å². The molecule has 0 radical (unpaired) electrons. The molecule has 0 fully saturated rings. The van der Waals surface area contributed by atoms with Gasteiger partial charge in [0.25, 0.3) is 0 Å². The van der Waals surface area contributed by atoms with Gasteiger partial charge in [-0.15, -0.1) is 5.19 Å². The Morgan fingerprint density at radius 2 is 0.395 bits per heavy atom. The topological polar surface area (TPSA) is 0 Å². The van der Waals surface area contributed by atoms with Crippen LogP contribution in [-0.4, -0.2) is 8.07 Å². The molecule has 0 spiro atoms. The fourth-order valence-electron chi connectivity index (χ4n) is 14.3. The predicted octanol–water partition coefficient (Wildman–Crippen LogP) is 8.27. The zero-order valence-electron chi connectivity index (χ0n) is 54.0. The molecular weight excluding hydrogens is 1160 g/mol. The molecule has 5 heteroatoms. The molecule has 0 aromatic heterocycles. The molecule has 0 aliphatic carbocycles. The summed E-state index contributed by atoms with van der Waals surface area (Å²) in [5.74, 6) is 0. The van der Waals surface area contributed by atoms with Crippen molar-refractivity contribution in [1.29, 1.82) is 0 Å². The van der Waals surface area contributed by atoms with Gasteiger partial charge in [-0.05, 0) is 255 Å². The van der Waals surface area contributed by atoms with Gasteiger partial charge in [-0.25, -0.2) is 0 Å². The summed E-state index contributed by atoms with van der Waals surface area (Å²) in [6.45, 7) is 37.5. The van der Waals surface area contributed by atoms with E-state index in [9.17, 15) is 0 Å². The molecule has 0 atom stereocenters. The van der Waals surface area contributed by atoms with E-state index in [4.69, 9.17) is 0 Å². The number of aryl methyl sites for hydroxylation is 12. The third-order valence-corrected chi connectivity index (χ3v) is 24.4. The van der Waals surface area contributed by atoms with E-state index in [1.165, 1.54) is 171 Å². The Morgan fingerprint density at radius 1 is 0.244 bits per heavy atom. The van der Waals surface area contributed by atoms with Gasteiger partial charge in [0.15, 0.2) is 0 Å². The maximum Gasteiger partial charge on any atom is 4.00 e. The van der Waals surface area contributed by atoms with Gasteiger partial charge in [-0.1, -0.05) is 207 Å². The summed E-state index contributed by atoms with van der Waals surface area (Å²) in [5, 5.41) is 5.96. The molecule has 0 N–H and O–H groups in total. The molecular formula is C81H87Cl3SiTi. The van der Waals surface area contributed by atoms with E-state index in [2.05, 4.69) is 275 Å². The first-order valence-corrected chi connectivity index (χ1v) is 32.2. The zero-order valence-corrected chi connectivity index (χ0v) is 58.8. The summed E-state index contributed by atoms with van der Waals surface area (Å²) in [4.78, 5) is 0. The van der Waals surface area contributed by atoms with Crippen LogP contribution in [0.4, 0.5) is 0 Å². The molecule has 440 valence electrons. The maximum atomic E-state index is 2.72. The van der Waals surface area contributed by atoms with E-state index in [1.54, 1.807) is 5.19 Å². The third-order valence-electron chi connectivity index (χ3n) is 19.4. The second kappa shape index (κ2) is 29.0. The molecule has 10 aromatic carbocycles. The Labute approximate surface area is 552 Å². The minimum Gasteiger partial charge on any atom is -1.00 e. The molecule has 86 heavy (non-hydrogen) atoms. The van der Waals surface area contributed by atoms with Gasteiger partial charge in [0.2, 0.25) is 0 Å². The Kier molecular flexibility index (Phi) is 23.3. The largest absolute Gasteiger partial charge is 4.00 e. The summed E-state index contributed by atoms with van der Waals surface area (Å²) in [6.07, 6.45) is 5.18. The third kappa shape index (κ3) is 14.0. The molecule has 0 unspecified atom stereocenters. The number of benzene rings is 9. The van der Waals surface area contributed by atoms with Gasteiger partial charge in [0.1, 0.15) is 8.07 Å². The van der Waals surface area contributed by atoms with Gasteiger partial charge in [-0.2, -0.15) is 22.3 Å². The van der Waals surface area contributed by atoms with Crippen LogP contribution in [0.3, 0.4) is 0 Å². The van der Waals surface area contributed by atoms with Crippen LogP contribution in [0, 0.1) is 111 Å². The summed E-state index contributed by atoms with van der Waals surface area (Å²) >= 11 is 0. The summed E-state index contributed by atoms with van der Waals surface area (Å²) < 4.78 is 0. The molecule has 0 heterocycles. The first kappa shape index (κ1) is 69.2. The average Bonchev–Trinajstić information content (AvgIpc) is 1.30.